The Morgan fingerprint density at radius 3 is 2.42 bits per heavy atom. The smallest absolute Gasteiger partial charge is 0.191 e. The number of benzene rings is 1. The van der Waals surface area contributed by atoms with Crippen LogP contribution < -0.4 is 10.6 Å². The summed E-state index contributed by atoms with van der Waals surface area (Å²) < 4.78 is 1.85. The van der Waals surface area contributed by atoms with Gasteiger partial charge in [-0.05, 0) is 44.6 Å². The van der Waals surface area contributed by atoms with Crippen LogP contribution in [0.1, 0.15) is 36.7 Å². The Kier molecular flexibility index (Phi) is 7.66. The fraction of sp³-hybridized carbons (Fsp3) is 0.500. The van der Waals surface area contributed by atoms with Crippen molar-refractivity contribution in [3.63, 3.8) is 0 Å². The van der Waals surface area contributed by atoms with E-state index in [4.69, 9.17) is 0 Å². The van der Waals surface area contributed by atoms with Gasteiger partial charge >= 0.3 is 0 Å². The molecule has 1 atom stereocenters. The quantitative estimate of drug-likeness (QED) is 0.563. The number of hydrogen-bond donors (Lipinski definition) is 2. The summed E-state index contributed by atoms with van der Waals surface area (Å²) in [6.45, 7) is 6.48. The van der Waals surface area contributed by atoms with Gasteiger partial charge < -0.3 is 15.5 Å². The number of guanidine groups is 1. The zero-order chi connectivity index (χ0) is 18.9. The van der Waals surface area contributed by atoms with Gasteiger partial charge in [-0.1, -0.05) is 31.2 Å². The third-order valence-electron chi connectivity index (χ3n) is 4.52. The lowest BCUT2D eigenvalue weighted by atomic mass is 10.0. The largest absolute Gasteiger partial charge is 0.357 e. The maximum atomic E-state index is 4.68. The lowest BCUT2D eigenvalue weighted by molar-refractivity contribution is 0.298. The second-order valence-corrected chi connectivity index (χ2v) is 6.60. The maximum absolute atomic E-state index is 4.68. The molecule has 0 bridgehead atoms. The third kappa shape index (κ3) is 5.59. The predicted octanol–water partition coefficient (Wildman–Crippen LogP) is 2.34. The molecule has 6 nitrogen and oxygen atoms in total. The van der Waals surface area contributed by atoms with E-state index in [0.29, 0.717) is 6.54 Å². The molecule has 1 aromatic carbocycles. The number of nitrogens with zero attached hydrogens (tertiary/aromatic N) is 4. The van der Waals surface area contributed by atoms with E-state index in [1.807, 2.05) is 17.8 Å². The molecule has 1 unspecified atom stereocenters. The lowest BCUT2D eigenvalue weighted by Crippen LogP contribution is -2.41. The molecule has 2 aromatic rings. The van der Waals surface area contributed by atoms with Crippen molar-refractivity contribution < 1.29 is 0 Å². The summed E-state index contributed by atoms with van der Waals surface area (Å²) >= 11 is 0. The van der Waals surface area contributed by atoms with Crippen LogP contribution >= 0.6 is 0 Å². The summed E-state index contributed by atoms with van der Waals surface area (Å²) in [5.41, 5.74) is 3.76. The van der Waals surface area contributed by atoms with Gasteiger partial charge in [0.25, 0.3) is 0 Å². The standard InChI is InChI=1S/C20H32N6/c1-6-16-8-10-17(11-9-16)19(25(3)4)15-23-20(21-7-2)22-14-18-12-13-24-26(18)5/h8-13,19H,6-7,14-15H2,1-5H3,(H2,21,22,23). The van der Waals surface area contributed by atoms with Crippen LogP contribution in [0.25, 0.3) is 0 Å². The first kappa shape index (κ1) is 20.0. The molecule has 1 aromatic heterocycles. The van der Waals surface area contributed by atoms with E-state index in [0.717, 1.165) is 31.2 Å². The first-order valence-electron chi connectivity index (χ1n) is 9.29. The summed E-state index contributed by atoms with van der Waals surface area (Å²) in [6.07, 6.45) is 2.86. The highest BCUT2D eigenvalue weighted by Crippen LogP contribution is 2.18. The van der Waals surface area contributed by atoms with Crippen LogP contribution in [0.5, 0.6) is 0 Å². The van der Waals surface area contributed by atoms with Crippen molar-refractivity contribution in [3.05, 3.63) is 53.3 Å². The Morgan fingerprint density at radius 1 is 1.15 bits per heavy atom. The maximum Gasteiger partial charge on any atom is 0.191 e. The van der Waals surface area contributed by atoms with Crippen LogP contribution in [0.3, 0.4) is 0 Å². The number of rotatable bonds is 8. The first-order chi connectivity index (χ1) is 12.5. The molecule has 0 fully saturated rings. The summed E-state index contributed by atoms with van der Waals surface area (Å²) in [5.74, 6) is 0.825. The number of aromatic nitrogens is 2. The molecule has 0 spiro atoms. The van der Waals surface area contributed by atoms with E-state index in [1.54, 1.807) is 6.20 Å². The van der Waals surface area contributed by atoms with Crippen molar-refractivity contribution in [2.75, 3.05) is 27.2 Å². The molecule has 1 heterocycles. The van der Waals surface area contributed by atoms with Crippen molar-refractivity contribution >= 4 is 5.96 Å². The zero-order valence-electron chi connectivity index (χ0n) is 16.7. The molecule has 0 saturated heterocycles. The number of likely N-dealkylation sites (N-methyl/N-ethyl adjacent to an activating group) is 1. The minimum atomic E-state index is 0.279. The Balaban J connectivity index is 2.04. The minimum absolute atomic E-state index is 0.279. The fourth-order valence-electron chi connectivity index (χ4n) is 2.83. The Bertz CT molecular complexity index is 687. The summed E-state index contributed by atoms with van der Waals surface area (Å²) in [5, 5.41) is 11.0. The van der Waals surface area contributed by atoms with E-state index in [-0.39, 0.29) is 6.04 Å². The normalized spacial score (nSPS) is 13.1. The lowest BCUT2D eigenvalue weighted by Gasteiger charge is -2.26. The Morgan fingerprint density at radius 2 is 1.88 bits per heavy atom. The molecule has 0 aliphatic heterocycles. The second-order valence-electron chi connectivity index (χ2n) is 6.60. The van der Waals surface area contributed by atoms with Gasteiger partial charge in [-0.15, -0.1) is 0 Å². The van der Waals surface area contributed by atoms with Gasteiger partial charge in [-0.25, -0.2) is 4.99 Å². The molecule has 0 aliphatic carbocycles. The minimum Gasteiger partial charge on any atom is -0.357 e. The average Bonchev–Trinajstić information content (AvgIpc) is 3.05. The van der Waals surface area contributed by atoms with Gasteiger partial charge in [-0.3, -0.25) is 4.68 Å². The molecule has 0 aliphatic rings. The number of aryl methyl sites for hydroxylation is 2. The highest BCUT2D eigenvalue weighted by molar-refractivity contribution is 5.79. The molecule has 0 amide bonds. The van der Waals surface area contributed by atoms with Crippen molar-refractivity contribution in [2.45, 2.75) is 32.9 Å². The monoisotopic (exact) mass is 356 g/mol. The average molecular weight is 357 g/mol. The highest BCUT2D eigenvalue weighted by Gasteiger charge is 2.14. The molecule has 2 rings (SSSR count). The first-order valence-corrected chi connectivity index (χ1v) is 9.29. The number of nitrogens with one attached hydrogen (secondary N) is 2. The van der Waals surface area contributed by atoms with E-state index >= 15 is 0 Å². The van der Waals surface area contributed by atoms with E-state index in [9.17, 15) is 0 Å². The van der Waals surface area contributed by atoms with Crippen LogP contribution in [0.2, 0.25) is 0 Å². The van der Waals surface area contributed by atoms with Crippen LogP contribution in [-0.2, 0) is 20.0 Å². The molecule has 0 saturated carbocycles. The van der Waals surface area contributed by atoms with Crippen molar-refractivity contribution in [1.82, 2.24) is 25.3 Å². The summed E-state index contributed by atoms with van der Waals surface area (Å²) in [6, 6.07) is 11.2. The molecule has 142 valence electrons. The summed E-state index contributed by atoms with van der Waals surface area (Å²) in [4.78, 5) is 6.92. The molecule has 0 radical (unpaired) electrons. The van der Waals surface area contributed by atoms with Crippen molar-refractivity contribution in [3.8, 4) is 0 Å². The van der Waals surface area contributed by atoms with Gasteiger partial charge in [0.1, 0.15) is 0 Å². The van der Waals surface area contributed by atoms with Gasteiger partial charge in [0.05, 0.1) is 18.3 Å². The van der Waals surface area contributed by atoms with Gasteiger partial charge in [0.15, 0.2) is 5.96 Å². The molecular weight excluding hydrogens is 324 g/mol. The van der Waals surface area contributed by atoms with E-state index in [2.05, 4.69) is 77.8 Å². The van der Waals surface area contributed by atoms with Gasteiger partial charge in [-0.2, -0.15) is 5.10 Å². The van der Waals surface area contributed by atoms with E-state index < -0.39 is 0 Å². The zero-order valence-corrected chi connectivity index (χ0v) is 16.7. The number of aliphatic imine (C=N–C) groups is 1. The Hall–Kier alpha value is -2.34. The van der Waals surface area contributed by atoms with Crippen LogP contribution in [0.4, 0.5) is 0 Å². The molecule has 26 heavy (non-hydrogen) atoms. The topological polar surface area (TPSA) is 57.5 Å². The SMILES string of the molecule is CCNC(=NCc1ccnn1C)NCC(c1ccc(CC)cc1)N(C)C. The third-order valence-corrected chi connectivity index (χ3v) is 4.52. The van der Waals surface area contributed by atoms with Crippen LogP contribution in [0.15, 0.2) is 41.5 Å². The van der Waals surface area contributed by atoms with E-state index in [1.165, 1.54) is 11.1 Å². The second kappa shape index (κ2) is 9.97. The van der Waals surface area contributed by atoms with Gasteiger partial charge in [0.2, 0.25) is 0 Å². The number of hydrogen-bond acceptors (Lipinski definition) is 3. The van der Waals surface area contributed by atoms with Crippen LogP contribution in [-0.4, -0.2) is 47.8 Å². The fourth-order valence-corrected chi connectivity index (χ4v) is 2.83. The molecule has 6 heteroatoms. The predicted molar refractivity (Wildman–Crippen MR) is 108 cm³/mol. The van der Waals surface area contributed by atoms with Crippen LogP contribution in [0, 0.1) is 0 Å². The summed E-state index contributed by atoms with van der Waals surface area (Å²) in [7, 11) is 6.16. The molecular formula is C20H32N6. The van der Waals surface area contributed by atoms with Crippen molar-refractivity contribution in [1.29, 1.82) is 0 Å². The molecule has 2 N–H and O–H groups in total. The Labute approximate surface area is 157 Å². The van der Waals surface area contributed by atoms with Crippen molar-refractivity contribution in [2.24, 2.45) is 12.0 Å². The highest BCUT2D eigenvalue weighted by atomic mass is 15.3. The van der Waals surface area contributed by atoms with Gasteiger partial charge in [0, 0.05) is 26.3 Å².